The highest BCUT2D eigenvalue weighted by Gasteiger charge is 2.30. The first kappa shape index (κ1) is 14.3. The molecule has 2 rings (SSSR count). The Labute approximate surface area is 113 Å². The fourth-order valence-electron chi connectivity index (χ4n) is 1.92. The molecular formula is C14H13F3N2O. The number of anilines is 1. The number of nitrogens with two attached hydrogens (primary N) is 1. The molecule has 3 nitrogen and oxygen atoms in total. The summed E-state index contributed by atoms with van der Waals surface area (Å²) in [7, 11) is 0. The first-order valence-corrected chi connectivity index (χ1v) is 5.92. The van der Waals surface area contributed by atoms with E-state index in [2.05, 4.69) is 4.98 Å². The van der Waals surface area contributed by atoms with Crippen LogP contribution in [0.3, 0.4) is 0 Å². The van der Waals surface area contributed by atoms with E-state index in [0.29, 0.717) is 11.1 Å². The van der Waals surface area contributed by atoms with Crippen molar-refractivity contribution in [2.75, 3.05) is 5.73 Å². The van der Waals surface area contributed by atoms with E-state index in [-0.39, 0.29) is 12.2 Å². The van der Waals surface area contributed by atoms with Crippen LogP contribution in [0, 0.1) is 0 Å². The average Bonchev–Trinajstić information content (AvgIpc) is 2.38. The molecule has 0 aliphatic carbocycles. The molecule has 0 aliphatic heterocycles. The number of rotatable bonds is 3. The first-order chi connectivity index (χ1) is 9.38. The molecule has 0 saturated heterocycles. The third kappa shape index (κ3) is 3.27. The number of halogens is 3. The molecule has 2 aromatic rings. The van der Waals surface area contributed by atoms with E-state index in [1.807, 2.05) is 0 Å². The Morgan fingerprint density at radius 2 is 1.95 bits per heavy atom. The maximum absolute atomic E-state index is 12.6. The van der Waals surface area contributed by atoms with Gasteiger partial charge in [-0.1, -0.05) is 24.3 Å². The largest absolute Gasteiger partial charge is 0.416 e. The molecule has 6 heteroatoms. The van der Waals surface area contributed by atoms with Crippen LogP contribution in [0.1, 0.15) is 22.8 Å². The molecule has 0 radical (unpaired) electrons. The van der Waals surface area contributed by atoms with Gasteiger partial charge in [-0.25, -0.2) is 4.98 Å². The molecule has 0 spiro atoms. The summed E-state index contributed by atoms with van der Waals surface area (Å²) in [6.45, 7) is 0. The Hall–Kier alpha value is -2.08. The number of benzene rings is 1. The highest BCUT2D eigenvalue weighted by Crippen LogP contribution is 2.30. The molecular weight excluding hydrogens is 269 g/mol. The number of nitrogens with zero attached hydrogens (tertiary/aromatic N) is 1. The van der Waals surface area contributed by atoms with Gasteiger partial charge in [-0.3, -0.25) is 0 Å². The number of pyridine rings is 1. The molecule has 1 atom stereocenters. The predicted octanol–water partition coefficient (Wildman–Crippen LogP) is 2.96. The van der Waals surface area contributed by atoms with Crippen LogP contribution in [0.2, 0.25) is 0 Å². The summed E-state index contributed by atoms with van der Waals surface area (Å²) >= 11 is 0. The molecule has 0 saturated carbocycles. The van der Waals surface area contributed by atoms with E-state index in [0.717, 1.165) is 12.1 Å². The van der Waals surface area contributed by atoms with Gasteiger partial charge in [0.2, 0.25) is 0 Å². The fraction of sp³-hybridized carbons (Fsp3) is 0.214. The van der Waals surface area contributed by atoms with Crippen LogP contribution in [-0.4, -0.2) is 10.1 Å². The second-order valence-electron chi connectivity index (χ2n) is 4.40. The quantitative estimate of drug-likeness (QED) is 0.910. The van der Waals surface area contributed by atoms with E-state index in [9.17, 15) is 18.3 Å². The maximum atomic E-state index is 12.6. The number of nitrogen functional groups attached to an aromatic ring is 1. The van der Waals surface area contributed by atoms with Gasteiger partial charge in [-0.15, -0.1) is 0 Å². The lowest BCUT2D eigenvalue weighted by atomic mass is 10.0. The minimum absolute atomic E-state index is 0.0415. The Bertz CT molecular complexity index is 599. The van der Waals surface area contributed by atoms with Crippen molar-refractivity contribution in [1.82, 2.24) is 4.98 Å². The van der Waals surface area contributed by atoms with E-state index in [1.54, 1.807) is 12.1 Å². The standard InChI is InChI=1S/C14H13F3N2O/c15-14(16,17)10-4-1-3-9(7-10)8-12(20)11-5-2-6-19-13(11)18/h1-7,12,20H,8H2,(H2,18,19). The summed E-state index contributed by atoms with van der Waals surface area (Å²) in [6, 6.07) is 8.08. The zero-order valence-electron chi connectivity index (χ0n) is 10.4. The summed E-state index contributed by atoms with van der Waals surface area (Å²) < 4.78 is 37.8. The molecule has 106 valence electrons. The minimum atomic E-state index is -4.39. The third-order valence-electron chi connectivity index (χ3n) is 2.91. The lowest BCUT2D eigenvalue weighted by Gasteiger charge is -2.14. The molecule has 0 aliphatic rings. The number of aromatic nitrogens is 1. The smallest absolute Gasteiger partial charge is 0.388 e. The maximum Gasteiger partial charge on any atom is 0.416 e. The van der Waals surface area contributed by atoms with E-state index < -0.39 is 17.8 Å². The van der Waals surface area contributed by atoms with Crippen molar-refractivity contribution in [2.24, 2.45) is 0 Å². The fourth-order valence-corrected chi connectivity index (χ4v) is 1.92. The third-order valence-corrected chi connectivity index (χ3v) is 2.91. The van der Waals surface area contributed by atoms with Gasteiger partial charge in [-0.2, -0.15) is 13.2 Å². The summed E-state index contributed by atoms with van der Waals surface area (Å²) in [5.41, 5.74) is 5.68. The molecule has 0 fully saturated rings. The van der Waals surface area contributed by atoms with Crippen molar-refractivity contribution in [2.45, 2.75) is 18.7 Å². The Morgan fingerprint density at radius 3 is 2.60 bits per heavy atom. The second-order valence-corrected chi connectivity index (χ2v) is 4.40. The van der Waals surface area contributed by atoms with Crippen LogP contribution in [0.4, 0.5) is 19.0 Å². The molecule has 0 bridgehead atoms. The first-order valence-electron chi connectivity index (χ1n) is 5.92. The van der Waals surface area contributed by atoms with Gasteiger partial charge in [0.05, 0.1) is 11.7 Å². The van der Waals surface area contributed by atoms with Crippen LogP contribution in [0.25, 0.3) is 0 Å². The van der Waals surface area contributed by atoms with Gasteiger partial charge in [0, 0.05) is 18.2 Å². The Balaban J connectivity index is 2.20. The lowest BCUT2D eigenvalue weighted by molar-refractivity contribution is -0.137. The number of aliphatic hydroxyl groups is 1. The molecule has 1 aromatic carbocycles. The van der Waals surface area contributed by atoms with Crippen LogP contribution < -0.4 is 5.73 Å². The average molecular weight is 282 g/mol. The number of alkyl halides is 3. The van der Waals surface area contributed by atoms with Crippen LogP contribution in [-0.2, 0) is 12.6 Å². The van der Waals surface area contributed by atoms with Crippen LogP contribution in [0.5, 0.6) is 0 Å². The summed E-state index contributed by atoms with van der Waals surface area (Å²) in [5, 5.41) is 10.0. The van der Waals surface area contributed by atoms with Gasteiger partial charge in [-0.05, 0) is 17.7 Å². The summed E-state index contributed by atoms with van der Waals surface area (Å²) in [6.07, 6.45) is -3.86. The molecule has 0 amide bonds. The second kappa shape index (κ2) is 5.50. The van der Waals surface area contributed by atoms with Crippen molar-refractivity contribution in [3.8, 4) is 0 Å². The van der Waals surface area contributed by atoms with Crippen molar-refractivity contribution < 1.29 is 18.3 Å². The summed E-state index contributed by atoms with van der Waals surface area (Å²) in [5.74, 6) is 0.173. The van der Waals surface area contributed by atoms with E-state index in [1.165, 1.54) is 18.3 Å². The van der Waals surface area contributed by atoms with Crippen molar-refractivity contribution in [1.29, 1.82) is 0 Å². The molecule has 20 heavy (non-hydrogen) atoms. The van der Waals surface area contributed by atoms with Gasteiger partial charge in [0.1, 0.15) is 5.82 Å². The van der Waals surface area contributed by atoms with Crippen LogP contribution in [0.15, 0.2) is 42.6 Å². The zero-order valence-corrected chi connectivity index (χ0v) is 10.4. The zero-order chi connectivity index (χ0) is 14.8. The molecule has 1 aromatic heterocycles. The van der Waals surface area contributed by atoms with E-state index in [4.69, 9.17) is 5.73 Å². The topological polar surface area (TPSA) is 59.1 Å². The molecule has 1 heterocycles. The lowest BCUT2D eigenvalue weighted by Crippen LogP contribution is -2.09. The number of hydrogen-bond donors (Lipinski definition) is 2. The normalized spacial score (nSPS) is 13.2. The predicted molar refractivity (Wildman–Crippen MR) is 68.8 cm³/mol. The van der Waals surface area contributed by atoms with Gasteiger partial charge < -0.3 is 10.8 Å². The Kier molecular flexibility index (Phi) is 3.94. The van der Waals surface area contributed by atoms with Crippen molar-refractivity contribution >= 4 is 5.82 Å². The van der Waals surface area contributed by atoms with Gasteiger partial charge >= 0.3 is 6.18 Å². The molecule has 1 unspecified atom stereocenters. The van der Waals surface area contributed by atoms with Gasteiger partial charge in [0.25, 0.3) is 0 Å². The minimum Gasteiger partial charge on any atom is -0.388 e. The van der Waals surface area contributed by atoms with Crippen molar-refractivity contribution in [3.63, 3.8) is 0 Å². The van der Waals surface area contributed by atoms with Crippen LogP contribution >= 0.6 is 0 Å². The highest BCUT2D eigenvalue weighted by molar-refractivity contribution is 5.41. The number of aliphatic hydroxyl groups excluding tert-OH is 1. The van der Waals surface area contributed by atoms with Gasteiger partial charge in [0.15, 0.2) is 0 Å². The Morgan fingerprint density at radius 1 is 1.20 bits per heavy atom. The highest BCUT2D eigenvalue weighted by atomic mass is 19.4. The monoisotopic (exact) mass is 282 g/mol. The summed E-state index contributed by atoms with van der Waals surface area (Å²) in [4.78, 5) is 3.84. The SMILES string of the molecule is Nc1ncccc1C(O)Cc1cccc(C(F)(F)F)c1. The number of hydrogen-bond acceptors (Lipinski definition) is 3. The van der Waals surface area contributed by atoms with E-state index >= 15 is 0 Å². The molecule has 3 N–H and O–H groups in total. The van der Waals surface area contributed by atoms with Crippen molar-refractivity contribution in [3.05, 3.63) is 59.3 Å².